The van der Waals surface area contributed by atoms with E-state index in [0.717, 1.165) is 36.4 Å². The third-order valence-electron chi connectivity index (χ3n) is 3.64. The molecule has 0 radical (unpaired) electrons. The third kappa shape index (κ3) is 3.99. The van der Waals surface area contributed by atoms with E-state index in [1.807, 2.05) is 44.2 Å². The fourth-order valence-corrected chi connectivity index (χ4v) is 2.51. The lowest BCUT2D eigenvalue weighted by Crippen LogP contribution is -2.17. The van der Waals surface area contributed by atoms with Crippen molar-refractivity contribution in [2.45, 2.75) is 26.8 Å². The number of hydrogen-bond acceptors (Lipinski definition) is 3. The summed E-state index contributed by atoms with van der Waals surface area (Å²) in [6.45, 7) is 5.55. The van der Waals surface area contributed by atoms with Crippen LogP contribution in [0.1, 0.15) is 22.3 Å². The first-order chi connectivity index (χ1) is 10.1. The lowest BCUT2D eigenvalue weighted by atomic mass is 10.1. The molecule has 3 heteroatoms. The highest BCUT2D eigenvalue weighted by Gasteiger charge is 2.04. The second kappa shape index (κ2) is 7.14. The highest BCUT2D eigenvalue weighted by Crippen LogP contribution is 2.22. The second-order valence-corrected chi connectivity index (χ2v) is 5.32. The summed E-state index contributed by atoms with van der Waals surface area (Å²) in [7, 11) is 1.70. The predicted octanol–water partition coefficient (Wildman–Crippen LogP) is 3.35. The van der Waals surface area contributed by atoms with Crippen molar-refractivity contribution in [2.24, 2.45) is 0 Å². The molecule has 2 N–H and O–H groups in total. The first-order valence-electron chi connectivity index (χ1n) is 7.23. The van der Waals surface area contributed by atoms with E-state index in [4.69, 9.17) is 4.74 Å². The monoisotopic (exact) mass is 285 g/mol. The van der Waals surface area contributed by atoms with Gasteiger partial charge in [0.25, 0.3) is 0 Å². The van der Waals surface area contributed by atoms with Crippen molar-refractivity contribution in [2.75, 3.05) is 13.7 Å². The zero-order chi connectivity index (χ0) is 15.2. The lowest BCUT2D eigenvalue weighted by molar-refractivity contribution is 0.409. The van der Waals surface area contributed by atoms with Crippen LogP contribution in [0.3, 0.4) is 0 Å². The van der Waals surface area contributed by atoms with E-state index >= 15 is 0 Å². The molecule has 3 nitrogen and oxygen atoms in total. The summed E-state index contributed by atoms with van der Waals surface area (Å²) in [6.07, 6.45) is 0.931. The Morgan fingerprint density at radius 2 is 1.76 bits per heavy atom. The quantitative estimate of drug-likeness (QED) is 0.800. The highest BCUT2D eigenvalue weighted by molar-refractivity contribution is 5.42. The molecular weight excluding hydrogens is 262 g/mol. The summed E-state index contributed by atoms with van der Waals surface area (Å²) >= 11 is 0. The fraction of sp³-hybridized carbons (Fsp3) is 0.333. The van der Waals surface area contributed by atoms with Gasteiger partial charge in [0.15, 0.2) is 0 Å². The average Bonchev–Trinajstić information content (AvgIpc) is 2.49. The van der Waals surface area contributed by atoms with Gasteiger partial charge in [0, 0.05) is 6.54 Å². The van der Waals surface area contributed by atoms with Gasteiger partial charge < -0.3 is 15.2 Å². The van der Waals surface area contributed by atoms with Gasteiger partial charge in [-0.05, 0) is 55.1 Å². The van der Waals surface area contributed by atoms with Crippen LogP contribution in [0.25, 0.3) is 0 Å². The molecule has 0 fully saturated rings. The van der Waals surface area contributed by atoms with E-state index in [1.165, 1.54) is 11.1 Å². The van der Waals surface area contributed by atoms with Crippen molar-refractivity contribution in [1.82, 2.24) is 5.32 Å². The molecule has 0 aliphatic carbocycles. The number of para-hydroxylation sites is 1. The van der Waals surface area contributed by atoms with E-state index < -0.39 is 0 Å². The molecule has 0 amide bonds. The molecule has 0 unspecified atom stereocenters. The molecule has 0 aliphatic rings. The second-order valence-electron chi connectivity index (χ2n) is 5.32. The summed E-state index contributed by atoms with van der Waals surface area (Å²) in [5.74, 6) is 1.34. The third-order valence-corrected chi connectivity index (χ3v) is 3.64. The van der Waals surface area contributed by atoms with E-state index in [-0.39, 0.29) is 0 Å². The Labute approximate surface area is 126 Å². The summed E-state index contributed by atoms with van der Waals surface area (Å²) < 4.78 is 5.35. The number of hydrogen-bond donors (Lipinski definition) is 2. The van der Waals surface area contributed by atoms with Gasteiger partial charge in [0.1, 0.15) is 11.5 Å². The number of aromatic hydroxyl groups is 1. The number of benzene rings is 2. The van der Waals surface area contributed by atoms with Crippen LogP contribution in [0, 0.1) is 13.8 Å². The zero-order valence-corrected chi connectivity index (χ0v) is 12.9. The summed E-state index contributed by atoms with van der Waals surface area (Å²) in [5, 5.41) is 13.2. The van der Waals surface area contributed by atoms with Crippen LogP contribution in [0.5, 0.6) is 11.5 Å². The topological polar surface area (TPSA) is 41.5 Å². The first kappa shape index (κ1) is 15.4. The predicted molar refractivity (Wildman–Crippen MR) is 86.0 cm³/mol. The highest BCUT2D eigenvalue weighted by atomic mass is 16.5. The van der Waals surface area contributed by atoms with Crippen molar-refractivity contribution in [3.8, 4) is 11.5 Å². The number of aryl methyl sites for hydroxylation is 2. The molecule has 2 rings (SSSR count). The standard InChI is InChI=1S/C18H23NO2/c1-13-10-15(11-14(2)18(13)20)12-19-9-8-16-6-4-5-7-17(16)21-3/h4-7,10-11,19-20H,8-9,12H2,1-3H3. The Morgan fingerprint density at radius 1 is 1.10 bits per heavy atom. The minimum Gasteiger partial charge on any atom is -0.507 e. The molecule has 0 aliphatic heterocycles. The maximum absolute atomic E-state index is 9.77. The molecule has 112 valence electrons. The molecule has 2 aromatic rings. The van der Waals surface area contributed by atoms with Crippen LogP contribution in [-0.2, 0) is 13.0 Å². The molecule has 0 saturated heterocycles. The fourth-order valence-electron chi connectivity index (χ4n) is 2.51. The SMILES string of the molecule is COc1ccccc1CCNCc1cc(C)c(O)c(C)c1. The molecular formula is C18H23NO2. The van der Waals surface area contributed by atoms with Gasteiger partial charge in [-0.3, -0.25) is 0 Å². The molecule has 21 heavy (non-hydrogen) atoms. The van der Waals surface area contributed by atoms with Gasteiger partial charge >= 0.3 is 0 Å². The van der Waals surface area contributed by atoms with Crippen molar-refractivity contribution in [3.05, 3.63) is 58.7 Å². The van der Waals surface area contributed by atoms with Crippen LogP contribution < -0.4 is 10.1 Å². The zero-order valence-electron chi connectivity index (χ0n) is 12.9. The Kier molecular flexibility index (Phi) is 5.23. The number of phenols is 1. The van der Waals surface area contributed by atoms with Gasteiger partial charge in [-0.15, -0.1) is 0 Å². The largest absolute Gasteiger partial charge is 0.507 e. The molecule has 0 aromatic heterocycles. The average molecular weight is 285 g/mol. The van der Waals surface area contributed by atoms with E-state index in [1.54, 1.807) is 7.11 Å². The lowest BCUT2D eigenvalue weighted by Gasteiger charge is -2.11. The van der Waals surface area contributed by atoms with Crippen molar-refractivity contribution < 1.29 is 9.84 Å². The van der Waals surface area contributed by atoms with E-state index in [2.05, 4.69) is 11.4 Å². The van der Waals surface area contributed by atoms with Crippen LogP contribution in [0.4, 0.5) is 0 Å². The number of phenolic OH excluding ortho intramolecular Hbond substituents is 1. The van der Waals surface area contributed by atoms with E-state index in [9.17, 15) is 5.11 Å². The normalized spacial score (nSPS) is 10.6. The summed E-state index contributed by atoms with van der Waals surface area (Å²) in [5.41, 5.74) is 4.27. The van der Waals surface area contributed by atoms with Crippen LogP contribution in [-0.4, -0.2) is 18.8 Å². The summed E-state index contributed by atoms with van der Waals surface area (Å²) in [6, 6.07) is 12.1. The Bertz CT molecular complexity index is 585. The molecule has 0 saturated carbocycles. The molecule has 0 spiro atoms. The molecule has 0 bridgehead atoms. The minimum atomic E-state index is 0.396. The van der Waals surface area contributed by atoms with Crippen LogP contribution >= 0.6 is 0 Å². The van der Waals surface area contributed by atoms with Crippen molar-refractivity contribution >= 4 is 0 Å². The smallest absolute Gasteiger partial charge is 0.122 e. The van der Waals surface area contributed by atoms with Gasteiger partial charge in [-0.1, -0.05) is 30.3 Å². The van der Waals surface area contributed by atoms with Crippen molar-refractivity contribution in [1.29, 1.82) is 0 Å². The number of rotatable bonds is 6. The molecule has 0 heterocycles. The maximum atomic E-state index is 9.77. The summed E-state index contributed by atoms with van der Waals surface area (Å²) in [4.78, 5) is 0. The van der Waals surface area contributed by atoms with Gasteiger partial charge in [-0.2, -0.15) is 0 Å². The minimum absolute atomic E-state index is 0.396. The first-order valence-corrected chi connectivity index (χ1v) is 7.23. The van der Waals surface area contributed by atoms with Crippen molar-refractivity contribution in [3.63, 3.8) is 0 Å². The number of nitrogens with one attached hydrogen (secondary N) is 1. The number of ether oxygens (including phenoxy) is 1. The van der Waals surface area contributed by atoms with Gasteiger partial charge in [0.2, 0.25) is 0 Å². The number of methoxy groups -OCH3 is 1. The van der Waals surface area contributed by atoms with Gasteiger partial charge in [0.05, 0.1) is 7.11 Å². The maximum Gasteiger partial charge on any atom is 0.122 e. The molecule has 0 atom stereocenters. The Hall–Kier alpha value is -2.00. The molecule has 2 aromatic carbocycles. The Morgan fingerprint density at radius 3 is 2.43 bits per heavy atom. The van der Waals surface area contributed by atoms with Gasteiger partial charge in [-0.25, -0.2) is 0 Å². The van der Waals surface area contributed by atoms with Crippen LogP contribution in [0.2, 0.25) is 0 Å². The van der Waals surface area contributed by atoms with E-state index in [0.29, 0.717) is 5.75 Å². The van der Waals surface area contributed by atoms with Crippen LogP contribution in [0.15, 0.2) is 36.4 Å². The Balaban J connectivity index is 1.88.